The second kappa shape index (κ2) is 6.42. The Morgan fingerprint density at radius 2 is 2.19 bits per heavy atom. The standard InChI is InChI=1S/C11H22N2O2.ClH/c1-11(2,3)9(12)10(14)13-7-8-5-4-6-15-8;/h8-9H,4-7,12H2,1-3H3,(H,13,14);1H/t8?,9-;/m1./s1. The van der Waals surface area contributed by atoms with Crippen molar-refractivity contribution in [2.75, 3.05) is 13.2 Å². The first-order chi connectivity index (χ1) is 6.91. The van der Waals surface area contributed by atoms with Crippen molar-refractivity contribution in [2.45, 2.75) is 45.8 Å². The third-order valence-corrected chi connectivity index (χ3v) is 2.74. The zero-order valence-corrected chi connectivity index (χ0v) is 11.1. The van der Waals surface area contributed by atoms with Crippen LogP contribution in [-0.2, 0) is 9.53 Å². The Morgan fingerprint density at radius 3 is 2.62 bits per heavy atom. The maximum absolute atomic E-state index is 11.7. The smallest absolute Gasteiger partial charge is 0.237 e. The first kappa shape index (κ1) is 15.7. The van der Waals surface area contributed by atoms with Crippen LogP contribution in [0.2, 0.25) is 0 Å². The molecule has 0 bridgehead atoms. The largest absolute Gasteiger partial charge is 0.376 e. The molecule has 0 saturated carbocycles. The van der Waals surface area contributed by atoms with Crippen LogP contribution in [0.4, 0.5) is 0 Å². The Labute approximate surface area is 104 Å². The number of nitrogens with two attached hydrogens (primary N) is 1. The van der Waals surface area contributed by atoms with E-state index in [0.717, 1.165) is 19.4 Å². The lowest BCUT2D eigenvalue weighted by molar-refractivity contribution is -0.125. The van der Waals surface area contributed by atoms with E-state index in [1.54, 1.807) is 0 Å². The Balaban J connectivity index is 0.00000225. The van der Waals surface area contributed by atoms with E-state index in [-0.39, 0.29) is 29.8 Å². The van der Waals surface area contributed by atoms with E-state index in [9.17, 15) is 4.79 Å². The summed E-state index contributed by atoms with van der Waals surface area (Å²) in [6.07, 6.45) is 2.30. The first-order valence-electron chi connectivity index (χ1n) is 5.56. The van der Waals surface area contributed by atoms with Crippen molar-refractivity contribution >= 4 is 18.3 Å². The van der Waals surface area contributed by atoms with Crippen molar-refractivity contribution in [3.63, 3.8) is 0 Å². The molecule has 0 spiro atoms. The van der Waals surface area contributed by atoms with Gasteiger partial charge in [-0.2, -0.15) is 0 Å². The molecular formula is C11H23ClN2O2. The molecule has 1 saturated heterocycles. The molecule has 1 amide bonds. The minimum absolute atomic E-state index is 0. The first-order valence-corrected chi connectivity index (χ1v) is 5.56. The summed E-state index contributed by atoms with van der Waals surface area (Å²) >= 11 is 0. The third kappa shape index (κ3) is 4.68. The van der Waals surface area contributed by atoms with Crippen molar-refractivity contribution in [1.29, 1.82) is 0 Å². The molecule has 3 N–H and O–H groups in total. The van der Waals surface area contributed by atoms with Gasteiger partial charge in [0, 0.05) is 13.2 Å². The molecule has 0 aliphatic carbocycles. The molecular weight excluding hydrogens is 228 g/mol. The number of hydrogen-bond donors (Lipinski definition) is 2. The number of carbonyl (C=O) groups is 1. The zero-order chi connectivity index (χ0) is 11.5. The van der Waals surface area contributed by atoms with Crippen molar-refractivity contribution in [3.8, 4) is 0 Å². The summed E-state index contributed by atoms with van der Waals surface area (Å²) in [5, 5.41) is 2.84. The zero-order valence-electron chi connectivity index (χ0n) is 10.3. The van der Waals surface area contributed by atoms with Gasteiger partial charge >= 0.3 is 0 Å². The number of rotatable bonds is 3. The SMILES string of the molecule is CC(C)(C)[C@H](N)C(=O)NCC1CCCO1.Cl. The normalized spacial score (nSPS) is 22.4. The summed E-state index contributed by atoms with van der Waals surface area (Å²) in [6, 6.07) is -0.459. The number of ether oxygens (including phenoxy) is 1. The van der Waals surface area contributed by atoms with E-state index >= 15 is 0 Å². The van der Waals surface area contributed by atoms with Gasteiger partial charge in [-0.25, -0.2) is 0 Å². The molecule has 0 aromatic heterocycles. The van der Waals surface area contributed by atoms with Gasteiger partial charge in [0.25, 0.3) is 0 Å². The Hall–Kier alpha value is -0.320. The van der Waals surface area contributed by atoms with Crippen molar-refractivity contribution in [1.82, 2.24) is 5.32 Å². The van der Waals surface area contributed by atoms with Crippen molar-refractivity contribution in [2.24, 2.45) is 11.1 Å². The molecule has 0 aromatic rings. The summed E-state index contributed by atoms with van der Waals surface area (Å²) in [4.78, 5) is 11.7. The summed E-state index contributed by atoms with van der Waals surface area (Å²) in [7, 11) is 0. The molecule has 5 heteroatoms. The quantitative estimate of drug-likeness (QED) is 0.788. The maximum atomic E-state index is 11.7. The van der Waals surface area contributed by atoms with E-state index in [4.69, 9.17) is 10.5 Å². The molecule has 96 valence electrons. The van der Waals surface area contributed by atoms with Crippen LogP contribution in [0, 0.1) is 5.41 Å². The van der Waals surface area contributed by atoms with Gasteiger partial charge in [0.2, 0.25) is 5.91 Å². The summed E-state index contributed by atoms with van der Waals surface area (Å²) in [5.41, 5.74) is 5.63. The summed E-state index contributed by atoms with van der Waals surface area (Å²) in [5.74, 6) is -0.0852. The van der Waals surface area contributed by atoms with Crippen LogP contribution in [0.15, 0.2) is 0 Å². The number of amides is 1. The molecule has 1 fully saturated rings. The number of carbonyl (C=O) groups excluding carboxylic acids is 1. The third-order valence-electron chi connectivity index (χ3n) is 2.74. The maximum Gasteiger partial charge on any atom is 0.237 e. The van der Waals surface area contributed by atoms with Gasteiger partial charge in [-0.05, 0) is 18.3 Å². The van der Waals surface area contributed by atoms with Crippen LogP contribution in [-0.4, -0.2) is 31.2 Å². The number of nitrogens with one attached hydrogen (secondary N) is 1. The average Bonchev–Trinajstić information content (AvgIpc) is 2.63. The average molecular weight is 251 g/mol. The fourth-order valence-electron chi connectivity index (χ4n) is 1.52. The van der Waals surface area contributed by atoms with Gasteiger partial charge in [-0.3, -0.25) is 4.79 Å². The highest BCUT2D eigenvalue weighted by Gasteiger charge is 2.28. The Kier molecular flexibility index (Phi) is 6.30. The van der Waals surface area contributed by atoms with Crippen molar-refractivity contribution < 1.29 is 9.53 Å². The molecule has 0 aromatic carbocycles. The summed E-state index contributed by atoms with van der Waals surface area (Å²) < 4.78 is 5.41. The molecule has 1 rings (SSSR count). The molecule has 0 radical (unpaired) electrons. The lowest BCUT2D eigenvalue weighted by Crippen LogP contribution is -2.50. The highest BCUT2D eigenvalue weighted by molar-refractivity contribution is 5.85. The van der Waals surface area contributed by atoms with Crippen LogP contribution in [0.3, 0.4) is 0 Å². The monoisotopic (exact) mass is 250 g/mol. The lowest BCUT2D eigenvalue weighted by atomic mass is 9.87. The van der Waals surface area contributed by atoms with E-state index < -0.39 is 6.04 Å². The molecule has 1 aliphatic rings. The number of halogens is 1. The predicted molar refractivity (Wildman–Crippen MR) is 66.7 cm³/mol. The predicted octanol–water partition coefficient (Wildman–Crippen LogP) is 1.08. The lowest BCUT2D eigenvalue weighted by Gasteiger charge is -2.26. The van der Waals surface area contributed by atoms with Crippen LogP contribution >= 0.6 is 12.4 Å². The van der Waals surface area contributed by atoms with Crippen LogP contribution in [0.1, 0.15) is 33.6 Å². The minimum atomic E-state index is -0.459. The highest BCUT2D eigenvalue weighted by atomic mass is 35.5. The molecule has 16 heavy (non-hydrogen) atoms. The van der Waals surface area contributed by atoms with E-state index in [2.05, 4.69) is 5.32 Å². The highest BCUT2D eigenvalue weighted by Crippen LogP contribution is 2.17. The Morgan fingerprint density at radius 1 is 1.56 bits per heavy atom. The second-order valence-electron chi connectivity index (χ2n) is 5.22. The van der Waals surface area contributed by atoms with Gasteiger partial charge in [0.15, 0.2) is 0 Å². The van der Waals surface area contributed by atoms with Gasteiger partial charge in [0.05, 0.1) is 12.1 Å². The number of hydrogen-bond acceptors (Lipinski definition) is 3. The van der Waals surface area contributed by atoms with Crippen LogP contribution < -0.4 is 11.1 Å². The van der Waals surface area contributed by atoms with Gasteiger partial charge in [-0.1, -0.05) is 20.8 Å². The van der Waals surface area contributed by atoms with Gasteiger partial charge in [-0.15, -0.1) is 12.4 Å². The Bertz CT molecular complexity index is 223. The fraction of sp³-hybridized carbons (Fsp3) is 0.909. The van der Waals surface area contributed by atoms with Gasteiger partial charge < -0.3 is 15.8 Å². The fourth-order valence-corrected chi connectivity index (χ4v) is 1.52. The topological polar surface area (TPSA) is 64.4 Å². The van der Waals surface area contributed by atoms with Crippen LogP contribution in [0.25, 0.3) is 0 Å². The summed E-state index contributed by atoms with van der Waals surface area (Å²) in [6.45, 7) is 7.28. The second-order valence-corrected chi connectivity index (χ2v) is 5.22. The molecule has 4 nitrogen and oxygen atoms in total. The molecule has 1 unspecified atom stereocenters. The van der Waals surface area contributed by atoms with Crippen molar-refractivity contribution in [3.05, 3.63) is 0 Å². The van der Waals surface area contributed by atoms with E-state index in [0.29, 0.717) is 6.54 Å². The minimum Gasteiger partial charge on any atom is -0.376 e. The van der Waals surface area contributed by atoms with E-state index in [1.165, 1.54) is 0 Å². The molecule has 2 atom stereocenters. The van der Waals surface area contributed by atoms with Crippen LogP contribution in [0.5, 0.6) is 0 Å². The molecule has 1 aliphatic heterocycles. The van der Waals surface area contributed by atoms with Gasteiger partial charge in [0.1, 0.15) is 0 Å². The van der Waals surface area contributed by atoms with E-state index in [1.807, 2.05) is 20.8 Å². The molecule has 1 heterocycles.